The molecule has 3 aromatic carbocycles. The second-order valence-electron chi connectivity index (χ2n) is 9.22. The zero-order valence-corrected chi connectivity index (χ0v) is 24.0. The quantitative estimate of drug-likeness (QED) is 0.246. The fourth-order valence-corrected chi connectivity index (χ4v) is 5.33. The molecule has 0 radical (unpaired) electrons. The SMILES string of the molecule is CC(C)CNC(=O)[C@H](Cc1ccccc1)N(Cc1ccc(Cl)cc1)C(=O)CSCc1ccc(Cl)cc1Cl. The van der Waals surface area contributed by atoms with Gasteiger partial charge in [-0.2, -0.15) is 0 Å². The molecule has 0 fully saturated rings. The van der Waals surface area contributed by atoms with Crippen molar-refractivity contribution in [1.82, 2.24) is 10.2 Å². The van der Waals surface area contributed by atoms with Crippen molar-refractivity contribution in [2.45, 2.75) is 38.6 Å². The number of thioether (sulfide) groups is 1. The Morgan fingerprint density at radius 3 is 2.22 bits per heavy atom. The van der Waals surface area contributed by atoms with Gasteiger partial charge in [-0.25, -0.2) is 0 Å². The standard InChI is InChI=1S/C29H31Cl3N2O2S/c1-20(2)16-33-29(36)27(14-21-6-4-3-5-7-21)34(17-22-8-11-24(30)12-9-22)28(35)19-37-18-23-10-13-25(31)15-26(23)32/h3-13,15,20,27H,14,16-19H2,1-2H3,(H,33,36)/t27-/m0/s1. The Morgan fingerprint density at radius 2 is 1.57 bits per heavy atom. The number of hydrogen-bond acceptors (Lipinski definition) is 3. The molecule has 0 aromatic heterocycles. The van der Waals surface area contributed by atoms with Crippen molar-refractivity contribution in [2.75, 3.05) is 12.3 Å². The second kappa shape index (κ2) is 14.7. The van der Waals surface area contributed by atoms with Crippen molar-refractivity contribution in [3.8, 4) is 0 Å². The smallest absolute Gasteiger partial charge is 0.243 e. The topological polar surface area (TPSA) is 49.4 Å². The number of nitrogens with one attached hydrogen (secondary N) is 1. The summed E-state index contributed by atoms with van der Waals surface area (Å²) in [5, 5.41) is 4.79. The van der Waals surface area contributed by atoms with Crippen LogP contribution in [-0.2, 0) is 28.3 Å². The van der Waals surface area contributed by atoms with Gasteiger partial charge in [-0.1, -0.05) is 97.2 Å². The molecule has 1 N–H and O–H groups in total. The fourth-order valence-electron chi connectivity index (χ4n) is 3.73. The van der Waals surface area contributed by atoms with Gasteiger partial charge in [0.25, 0.3) is 0 Å². The summed E-state index contributed by atoms with van der Waals surface area (Å²) < 4.78 is 0. The molecule has 0 spiro atoms. The zero-order chi connectivity index (χ0) is 26.8. The Morgan fingerprint density at radius 1 is 0.892 bits per heavy atom. The van der Waals surface area contributed by atoms with E-state index in [0.717, 1.165) is 16.7 Å². The highest BCUT2D eigenvalue weighted by Crippen LogP contribution is 2.25. The van der Waals surface area contributed by atoms with Gasteiger partial charge >= 0.3 is 0 Å². The number of nitrogens with zero attached hydrogens (tertiary/aromatic N) is 1. The average Bonchev–Trinajstić information content (AvgIpc) is 2.87. The van der Waals surface area contributed by atoms with E-state index in [1.54, 1.807) is 29.2 Å². The molecule has 0 heterocycles. The molecule has 8 heteroatoms. The first-order chi connectivity index (χ1) is 17.7. The molecule has 37 heavy (non-hydrogen) atoms. The number of amides is 2. The van der Waals surface area contributed by atoms with Gasteiger partial charge in [0, 0.05) is 40.3 Å². The van der Waals surface area contributed by atoms with E-state index in [-0.39, 0.29) is 17.6 Å². The molecule has 0 saturated heterocycles. The van der Waals surface area contributed by atoms with Gasteiger partial charge < -0.3 is 10.2 Å². The van der Waals surface area contributed by atoms with Crippen molar-refractivity contribution < 1.29 is 9.59 Å². The van der Waals surface area contributed by atoms with Crippen LogP contribution in [0.15, 0.2) is 72.8 Å². The van der Waals surface area contributed by atoms with Crippen LogP contribution in [-0.4, -0.2) is 35.1 Å². The third-order valence-electron chi connectivity index (χ3n) is 5.72. The number of carbonyl (C=O) groups is 2. The minimum Gasteiger partial charge on any atom is -0.354 e. The molecule has 2 amide bonds. The molecule has 196 valence electrons. The molecule has 1 atom stereocenters. The number of halogens is 3. The maximum absolute atomic E-state index is 13.7. The summed E-state index contributed by atoms with van der Waals surface area (Å²) in [6.07, 6.45) is 0.414. The second-order valence-corrected chi connectivity index (χ2v) is 11.5. The first-order valence-electron chi connectivity index (χ1n) is 12.1. The number of benzene rings is 3. The van der Waals surface area contributed by atoms with Crippen molar-refractivity contribution in [3.63, 3.8) is 0 Å². The van der Waals surface area contributed by atoms with Crippen LogP contribution in [0.5, 0.6) is 0 Å². The summed E-state index contributed by atoms with van der Waals surface area (Å²) in [5.41, 5.74) is 2.79. The van der Waals surface area contributed by atoms with E-state index in [0.29, 0.717) is 46.2 Å². The van der Waals surface area contributed by atoms with Gasteiger partial charge in [-0.05, 0) is 46.9 Å². The Bertz CT molecular complexity index is 1170. The van der Waals surface area contributed by atoms with Gasteiger partial charge in [0.1, 0.15) is 6.04 Å². The lowest BCUT2D eigenvalue weighted by molar-refractivity contribution is -0.139. The Hall–Kier alpha value is -2.18. The minimum atomic E-state index is -0.663. The van der Waals surface area contributed by atoms with Gasteiger partial charge in [-0.15, -0.1) is 11.8 Å². The van der Waals surface area contributed by atoms with Crippen molar-refractivity contribution >= 4 is 58.4 Å². The van der Waals surface area contributed by atoms with Crippen LogP contribution in [0.4, 0.5) is 0 Å². The molecule has 4 nitrogen and oxygen atoms in total. The lowest BCUT2D eigenvalue weighted by atomic mass is 10.0. The molecule has 0 saturated carbocycles. The number of carbonyl (C=O) groups excluding carboxylic acids is 2. The number of rotatable bonds is 12. The van der Waals surface area contributed by atoms with E-state index in [1.165, 1.54) is 11.8 Å². The van der Waals surface area contributed by atoms with Crippen LogP contribution in [0.3, 0.4) is 0 Å². The highest BCUT2D eigenvalue weighted by Gasteiger charge is 2.30. The lowest BCUT2D eigenvalue weighted by Gasteiger charge is -2.32. The third-order valence-corrected chi connectivity index (χ3v) is 7.53. The predicted molar refractivity (Wildman–Crippen MR) is 156 cm³/mol. The van der Waals surface area contributed by atoms with E-state index >= 15 is 0 Å². The first kappa shape index (κ1) is 29.4. The van der Waals surface area contributed by atoms with Gasteiger partial charge in [0.2, 0.25) is 11.8 Å². The largest absolute Gasteiger partial charge is 0.354 e. The van der Waals surface area contributed by atoms with Crippen LogP contribution >= 0.6 is 46.6 Å². The lowest BCUT2D eigenvalue weighted by Crippen LogP contribution is -2.51. The fraction of sp³-hybridized carbons (Fsp3) is 0.310. The average molecular weight is 578 g/mol. The van der Waals surface area contributed by atoms with Crippen molar-refractivity contribution in [1.29, 1.82) is 0 Å². The zero-order valence-electron chi connectivity index (χ0n) is 20.9. The Labute approximate surface area is 238 Å². The van der Waals surface area contributed by atoms with Crippen LogP contribution in [0, 0.1) is 5.92 Å². The van der Waals surface area contributed by atoms with Crippen molar-refractivity contribution in [2.24, 2.45) is 5.92 Å². The maximum atomic E-state index is 13.7. The molecule has 0 bridgehead atoms. The van der Waals surface area contributed by atoms with E-state index < -0.39 is 6.04 Å². The predicted octanol–water partition coefficient (Wildman–Crippen LogP) is 7.29. The van der Waals surface area contributed by atoms with Gasteiger partial charge in [0.05, 0.1) is 5.75 Å². The highest BCUT2D eigenvalue weighted by atomic mass is 35.5. The monoisotopic (exact) mass is 576 g/mol. The van der Waals surface area contributed by atoms with E-state index in [1.807, 2.05) is 62.4 Å². The van der Waals surface area contributed by atoms with Gasteiger partial charge in [-0.3, -0.25) is 9.59 Å². The van der Waals surface area contributed by atoms with E-state index in [9.17, 15) is 9.59 Å². The summed E-state index contributed by atoms with van der Waals surface area (Å²) in [4.78, 5) is 28.8. The molecule has 0 aliphatic carbocycles. The Kier molecular flexibility index (Phi) is 11.7. The van der Waals surface area contributed by atoms with Crippen molar-refractivity contribution in [3.05, 3.63) is 105 Å². The molecular formula is C29H31Cl3N2O2S. The normalized spacial score (nSPS) is 11.8. The molecule has 0 aliphatic heterocycles. The summed E-state index contributed by atoms with van der Waals surface area (Å²) in [6.45, 7) is 4.92. The highest BCUT2D eigenvalue weighted by molar-refractivity contribution is 7.99. The van der Waals surface area contributed by atoms with Crippen LogP contribution < -0.4 is 5.32 Å². The summed E-state index contributed by atoms with van der Waals surface area (Å²) in [7, 11) is 0. The first-order valence-corrected chi connectivity index (χ1v) is 14.4. The summed E-state index contributed by atoms with van der Waals surface area (Å²) in [6, 6.07) is 21.8. The van der Waals surface area contributed by atoms with Crippen LogP contribution in [0.1, 0.15) is 30.5 Å². The summed E-state index contributed by atoms with van der Waals surface area (Å²) >= 11 is 19.9. The molecule has 0 unspecified atom stereocenters. The van der Waals surface area contributed by atoms with Gasteiger partial charge in [0.15, 0.2) is 0 Å². The minimum absolute atomic E-state index is 0.120. The van der Waals surface area contributed by atoms with Crippen LogP contribution in [0.2, 0.25) is 15.1 Å². The molecule has 0 aliphatic rings. The Balaban J connectivity index is 1.84. The number of hydrogen-bond donors (Lipinski definition) is 1. The van der Waals surface area contributed by atoms with Crippen LogP contribution in [0.25, 0.3) is 0 Å². The summed E-state index contributed by atoms with van der Waals surface area (Å²) in [5.74, 6) is 0.770. The molecule has 3 aromatic rings. The van der Waals surface area contributed by atoms with E-state index in [4.69, 9.17) is 34.8 Å². The maximum Gasteiger partial charge on any atom is 0.243 e. The van der Waals surface area contributed by atoms with E-state index in [2.05, 4.69) is 5.32 Å². The molecule has 3 rings (SSSR count). The third kappa shape index (κ3) is 9.57. The molecular weight excluding hydrogens is 547 g/mol.